The van der Waals surface area contributed by atoms with E-state index in [0.717, 1.165) is 22.5 Å². The molecule has 3 rings (SSSR count). The Morgan fingerprint density at radius 3 is 2.17 bits per heavy atom. The van der Waals surface area contributed by atoms with Crippen molar-refractivity contribution in [2.24, 2.45) is 7.05 Å². The predicted molar refractivity (Wildman–Crippen MR) is 98.8 cm³/mol. The number of alkyl halides is 3. The van der Waals surface area contributed by atoms with E-state index in [1.807, 2.05) is 0 Å². The maximum Gasteiger partial charge on any atom is 0.417 e. The monoisotopic (exact) mass is 430 g/mol. The molecule has 0 saturated carbocycles. The first-order valence-electron chi connectivity index (χ1n) is 8.90. The molecule has 0 aliphatic carbocycles. The Bertz CT molecular complexity index is 1040. The van der Waals surface area contributed by atoms with Gasteiger partial charge in [-0.1, -0.05) is 12.1 Å². The number of carbonyl (C=O) groups is 1. The zero-order chi connectivity index (χ0) is 21.6. The molecule has 11 heteroatoms. The van der Waals surface area contributed by atoms with Crippen molar-refractivity contribution >= 4 is 15.9 Å². The Kier molecular flexibility index (Phi) is 5.48. The third-order valence-electron chi connectivity index (χ3n) is 5.06. The number of rotatable bonds is 3. The van der Waals surface area contributed by atoms with Gasteiger partial charge in [0.05, 0.1) is 21.7 Å². The molecule has 2 aromatic rings. The number of sulfonamides is 1. The second-order valence-electron chi connectivity index (χ2n) is 6.86. The van der Waals surface area contributed by atoms with E-state index in [9.17, 15) is 26.4 Å². The number of aryl methyl sites for hydroxylation is 2. The fraction of sp³-hybridized carbons (Fsp3) is 0.444. The summed E-state index contributed by atoms with van der Waals surface area (Å²) in [5, 5.41) is 4.21. The van der Waals surface area contributed by atoms with E-state index in [-0.39, 0.29) is 32.1 Å². The molecule has 7 nitrogen and oxygen atoms in total. The highest BCUT2D eigenvalue weighted by molar-refractivity contribution is 7.89. The molecule has 0 spiro atoms. The molecule has 29 heavy (non-hydrogen) atoms. The van der Waals surface area contributed by atoms with Crippen LogP contribution in [0.2, 0.25) is 0 Å². The minimum absolute atomic E-state index is 0.0834. The van der Waals surface area contributed by atoms with E-state index in [2.05, 4.69) is 5.10 Å². The lowest BCUT2D eigenvalue weighted by Gasteiger charge is -2.34. The summed E-state index contributed by atoms with van der Waals surface area (Å²) >= 11 is 0. The van der Waals surface area contributed by atoms with Crippen LogP contribution in [0, 0.1) is 13.8 Å². The third-order valence-corrected chi connectivity index (χ3v) is 7.02. The van der Waals surface area contributed by atoms with Crippen LogP contribution in [0.5, 0.6) is 0 Å². The number of amides is 1. The van der Waals surface area contributed by atoms with Gasteiger partial charge in [-0.25, -0.2) is 8.42 Å². The van der Waals surface area contributed by atoms with Crippen LogP contribution >= 0.6 is 0 Å². The van der Waals surface area contributed by atoms with Crippen molar-refractivity contribution in [2.75, 3.05) is 26.2 Å². The van der Waals surface area contributed by atoms with Crippen molar-refractivity contribution in [3.63, 3.8) is 0 Å². The number of hydrogen-bond acceptors (Lipinski definition) is 4. The average Bonchev–Trinajstić information content (AvgIpc) is 2.92. The lowest BCUT2D eigenvalue weighted by molar-refractivity contribution is -0.139. The summed E-state index contributed by atoms with van der Waals surface area (Å²) in [6.07, 6.45) is -4.78. The normalized spacial score (nSPS) is 16.3. The largest absolute Gasteiger partial charge is 0.417 e. The third kappa shape index (κ3) is 3.88. The van der Waals surface area contributed by atoms with Gasteiger partial charge in [-0.15, -0.1) is 0 Å². The molecule has 1 aromatic carbocycles. The van der Waals surface area contributed by atoms with E-state index in [0.29, 0.717) is 17.0 Å². The molecular formula is C18H21F3N4O3S. The highest BCUT2D eigenvalue weighted by Gasteiger charge is 2.40. The van der Waals surface area contributed by atoms with Crippen molar-refractivity contribution in [1.82, 2.24) is 19.0 Å². The molecule has 1 aromatic heterocycles. The zero-order valence-corrected chi connectivity index (χ0v) is 17.0. The van der Waals surface area contributed by atoms with E-state index in [1.165, 1.54) is 11.0 Å². The summed E-state index contributed by atoms with van der Waals surface area (Å²) in [6.45, 7) is 3.48. The van der Waals surface area contributed by atoms with Crippen molar-refractivity contribution in [1.29, 1.82) is 0 Å². The second kappa shape index (κ2) is 7.45. The summed E-state index contributed by atoms with van der Waals surface area (Å²) in [5.74, 6) is -0.263. The first-order chi connectivity index (χ1) is 13.4. The minimum atomic E-state index is -4.78. The summed E-state index contributed by atoms with van der Waals surface area (Å²) in [4.78, 5) is 13.5. The minimum Gasteiger partial charge on any atom is -0.336 e. The van der Waals surface area contributed by atoms with E-state index >= 15 is 0 Å². The van der Waals surface area contributed by atoms with Crippen LogP contribution in [-0.4, -0.2) is 59.5 Å². The molecular weight excluding hydrogens is 409 g/mol. The number of nitrogens with zero attached hydrogens (tertiary/aromatic N) is 4. The molecule has 0 unspecified atom stereocenters. The summed E-state index contributed by atoms with van der Waals surface area (Å²) in [7, 11) is -2.62. The molecule has 1 amide bonds. The Labute approximate surface area is 166 Å². The Morgan fingerprint density at radius 1 is 1.07 bits per heavy atom. The van der Waals surface area contributed by atoms with Crippen LogP contribution in [0.3, 0.4) is 0 Å². The molecule has 1 saturated heterocycles. The Hall–Kier alpha value is -2.40. The second-order valence-corrected chi connectivity index (χ2v) is 8.77. The van der Waals surface area contributed by atoms with Crippen LogP contribution in [0.25, 0.3) is 0 Å². The van der Waals surface area contributed by atoms with Gasteiger partial charge in [0.25, 0.3) is 5.91 Å². The van der Waals surface area contributed by atoms with Gasteiger partial charge in [0.15, 0.2) is 0 Å². The first-order valence-corrected chi connectivity index (χ1v) is 10.3. The number of halogens is 3. The molecule has 158 valence electrons. The van der Waals surface area contributed by atoms with Crippen LogP contribution in [-0.2, 0) is 23.2 Å². The molecule has 0 bridgehead atoms. The fourth-order valence-corrected chi connectivity index (χ4v) is 5.07. The van der Waals surface area contributed by atoms with Gasteiger partial charge < -0.3 is 4.90 Å². The number of hydrogen-bond donors (Lipinski definition) is 0. The van der Waals surface area contributed by atoms with E-state index in [1.54, 1.807) is 25.6 Å². The lowest BCUT2D eigenvalue weighted by atomic mass is 10.1. The average molecular weight is 430 g/mol. The van der Waals surface area contributed by atoms with Gasteiger partial charge in [-0.2, -0.15) is 22.6 Å². The van der Waals surface area contributed by atoms with Crippen LogP contribution in [0.4, 0.5) is 13.2 Å². The lowest BCUT2D eigenvalue weighted by Crippen LogP contribution is -2.50. The SMILES string of the molecule is Cc1nn(C)c(C)c1C(=O)N1CCN(S(=O)(=O)c2ccccc2C(F)(F)F)CC1. The summed E-state index contributed by atoms with van der Waals surface area (Å²) in [5.41, 5.74) is 0.539. The van der Waals surface area contributed by atoms with Gasteiger partial charge in [-0.05, 0) is 26.0 Å². The summed E-state index contributed by atoms with van der Waals surface area (Å²) < 4.78 is 67.9. The zero-order valence-electron chi connectivity index (χ0n) is 16.2. The first kappa shape index (κ1) is 21.3. The van der Waals surface area contributed by atoms with Gasteiger partial charge >= 0.3 is 6.18 Å². The van der Waals surface area contributed by atoms with E-state index < -0.39 is 26.7 Å². The molecule has 0 N–H and O–H groups in total. The van der Waals surface area contributed by atoms with Gasteiger partial charge in [-0.3, -0.25) is 9.48 Å². The fourth-order valence-electron chi connectivity index (χ4n) is 3.44. The number of piperazine rings is 1. The quantitative estimate of drug-likeness (QED) is 0.748. The molecule has 0 atom stereocenters. The number of carbonyl (C=O) groups excluding carboxylic acids is 1. The standard InChI is InChI=1S/C18H21F3N4O3S/c1-12-16(13(2)23(3)22-12)17(26)24-8-10-25(11-9-24)29(27,28)15-7-5-4-6-14(15)18(19,20)21/h4-7H,8-11H2,1-3H3. The molecule has 1 fully saturated rings. The van der Waals surface area contributed by atoms with Crippen LogP contribution in [0.1, 0.15) is 27.3 Å². The topological polar surface area (TPSA) is 75.5 Å². The van der Waals surface area contributed by atoms with Gasteiger partial charge in [0.2, 0.25) is 10.0 Å². The number of benzene rings is 1. The Morgan fingerprint density at radius 2 is 1.66 bits per heavy atom. The maximum absolute atomic E-state index is 13.2. The van der Waals surface area contributed by atoms with Crippen molar-refractivity contribution in [3.8, 4) is 0 Å². The van der Waals surface area contributed by atoms with Crippen molar-refractivity contribution in [2.45, 2.75) is 24.9 Å². The van der Waals surface area contributed by atoms with Crippen molar-refractivity contribution in [3.05, 3.63) is 46.8 Å². The molecule has 1 aliphatic heterocycles. The predicted octanol–water partition coefficient (Wildman–Crippen LogP) is 2.20. The van der Waals surface area contributed by atoms with Gasteiger partial charge in [0, 0.05) is 38.9 Å². The highest BCUT2D eigenvalue weighted by atomic mass is 32.2. The molecule has 0 radical (unpaired) electrons. The summed E-state index contributed by atoms with van der Waals surface area (Å²) in [6, 6.07) is 4.12. The van der Waals surface area contributed by atoms with E-state index in [4.69, 9.17) is 0 Å². The molecule has 2 heterocycles. The molecule has 1 aliphatic rings. The van der Waals surface area contributed by atoms with Crippen LogP contribution < -0.4 is 0 Å². The van der Waals surface area contributed by atoms with Crippen molar-refractivity contribution < 1.29 is 26.4 Å². The van der Waals surface area contributed by atoms with Gasteiger partial charge in [0.1, 0.15) is 0 Å². The highest BCUT2D eigenvalue weighted by Crippen LogP contribution is 2.35. The Balaban J connectivity index is 1.80. The van der Waals surface area contributed by atoms with Crippen LogP contribution in [0.15, 0.2) is 29.2 Å². The maximum atomic E-state index is 13.2. The number of aromatic nitrogens is 2. The smallest absolute Gasteiger partial charge is 0.336 e.